The zero-order chi connectivity index (χ0) is 14.8. The minimum Gasteiger partial charge on any atom is -0.331 e. The van der Waals surface area contributed by atoms with Crippen molar-refractivity contribution in [1.29, 1.82) is 0 Å². The summed E-state index contributed by atoms with van der Waals surface area (Å²) in [6, 6.07) is 15.2. The average Bonchev–Trinajstić information content (AvgIpc) is 2.54. The fraction of sp³-hybridized carbons (Fsp3) is 0.0667. The number of nitro benzene ring substituents is 1. The molecule has 1 aromatic heterocycles. The smallest absolute Gasteiger partial charge is 0.163 e. The van der Waals surface area contributed by atoms with Crippen molar-refractivity contribution in [3.8, 4) is 0 Å². The number of hydrogen-bond donors (Lipinski definition) is 0. The normalized spacial score (nSPS) is 10.0. The summed E-state index contributed by atoms with van der Waals surface area (Å²) in [6.45, 7) is 0. The largest absolute Gasteiger partial charge is 0.331 e. The van der Waals surface area contributed by atoms with Gasteiger partial charge in [0.05, 0.1) is 0 Å². The Bertz CT molecular complexity index is 811. The van der Waals surface area contributed by atoms with E-state index in [1.807, 2.05) is 42.3 Å². The molecule has 0 fully saturated rings. The molecule has 0 atom stereocenters. The number of anilines is 2. The van der Waals surface area contributed by atoms with Gasteiger partial charge in [-0.05, 0) is 17.6 Å². The standard InChI is InChI=1S/C15H11N4O2.W/c1-18(11-5-3-2-4-6-11)15-13-9-12(19(20)21)7-8-14(13)16-10-17-15;/h2-6,8-10H,1H3;/q-1;. The first-order valence-corrected chi connectivity index (χ1v) is 6.26. The van der Waals surface area contributed by atoms with E-state index in [-0.39, 0.29) is 26.8 Å². The molecular weight excluding hydrogens is 452 g/mol. The Balaban J connectivity index is 0.00000176. The van der Waals surface area contributed by atoms with Crippen molar-refractivity contribution in [2.75, 3.05) is 11.9 Å². The first-order valence-electron chi connectivity index (χ1n) is 6.26. The van der Waals surface area contributed by atoms with Crippen LogP contribution in [-0.4, -0.2) is 21.9 Å². The van der Waals surface area contributed by atoms with Gasteiger partial charge in [-0.2, -0.15) is 0 Å². The predicted molar refractivity (Wildman–Crippen MR) is 79.5 cm³/mol. The molecule has 0 radical (unpaired) electrons. The van der Waals surface area contributed by atoms with E-state index in [9.17, 15) is 10.1 Å². The SMILES string of the molecule is CN(c1ccccc1)c1ncnc2c[c-]c([N+](=O)[O-])cc12.[W]. The second-order valence-corrected chi connectivity index (χ2v) is 4.47. The molecule has 0 N–H and O–H groups in total. The number of benzene rings is 2. The average molecular weight is 463 g/mol. The Kier molecular flexibility index (Phi) is 4.83. The van der Waals surface area contributed by atoms with Crippen molar-refractivity contribution in [2.24, 2.45) is 0 Å². The summed E-state index contributed by atoms with van der Waals surface area (Å²) in [7, 11) is 1.86. The molecule has 110 valence electrons. The number of fused-ring (bicyclic) bond motifs is 1. The molecule has 3 aromatic rings. The molecule has 0 amide bonds. The van der Waals surface area contributed by atoms with E-state index in [0.29, 0.717) is 16.7 Å². The number of nitrogens with zero attached hydrogens (tertiary/aromatic N) is 4. The van der Waals surface area contributed by atoms with Crippen LogP contribution in [0.1, 0.15) is 0 Å². The third kappa shape index (κ3) is 2.97. The van der Waals surface area contributed by atoms with E-state index in [1.165, 1.54) is 18.5 Å². The second-order valence-electron chi connectivity index (χ2n) is 4.47. The zero-order valence-corrected chi connectivity index (χ0v) is 14.6. The van der Waals surface area contributed by atoms with E-state index in [0.717, 1.165) is 5.69 Å². The van der Waals surface area contributed by atoms with E-state index < -0.39 is 4.92 Å². The number of rotatable bonds is 3. The van der Waals surface area contributed by atoms with Gasteiger partial charge in [0.15, 0.2) is 5.69 Å². The van der Waals surface area contributed by atoms with Crippen molar-refractivity contribution >= 4 is 28.1 Å². The molecule has 0 spiro atoms. The van der Waals surface area contributed by atoms with Gasteiger partial charge in [0.1, 0.15) is 12.1 Å². The fourth-order valence-corrected chi connectivity index (χ4v) is 2.12. The summed E-state index contributed by atoms with van der Waals surface area (Å²) in [5.41, 5.74) is 1.46. The third-order valence-electron chi connectivity index (χ3n) is 3.19. The Morgan fingerprint density at radius 1 is 1.23 bits per heavy atom. The third-order valence-corrected chi connectivity index (χ3v) is 3.19. The van der Waals surface area contributed by atoms with Crippen LogP contribution in [-0.2, 0) is 21.1 Å². The van der Waals surface area contributed by atoms with E-state index in [4.69, 9.17) is 0 Å². The summed E-state index contributed by atoms with van der Waals surface area (Å²) in [6.07, 6.45) is 1.44. The maximum Gasteiger partial charge on any atom is 0.163 e. The van der Waals surface area contributed by atoms with Gasteiger partial charge in [0, 0.05) is 38.7 Å². The molecule has 22 heavy (non-hydrogen) atoms. The Labute approximate surface area is 141 Å². The van der Waals surface area contributed by atoms with Gasteiger partial charge in [-0.3, -0.25) is 10.1 Å². The molecule has 0 aliphatic rings. The second kappa shape index (κ2) is 6.62. The van der Waals surface area contributed by atoms with Crippen LogP contribution in [0.25, 0.3) is 10.9 Å². The summed E-state index contributed by atoms with van der Waals surface area (Å²) < 4.78 is 0. The van der Waals surface area contributed by atoms with Crippen LogP contribution in [0.4, 0.5) is 17.2 Å². The molecule has 0 bridgehead atoms. The zero-order valence-electron chi connectivity index (χ0n) is 11.6. The van der Waals surface area contributed by atoms with E-state index >= 15 is 0 Å². The Morgan fingerprint density at radius 2 is 1.95 bits per heavy atom. The number of non-ortho nitro benzene ring substituents is 1. The molecule has 0 aliphatic heterocycles. The maximum atomic E-state index is 10.9. The molecule has 0 unspecified atom stereocenters. The topological polar surface area (TPSA) is 72.2 Å². The molecule has 0 saturated carbocycles. The number of para-hydroxylation sites is 1. The molecule has 0 saturated heterocycles. The molecule has 0 aliphatic carbocycles. The minimum absolute atomic E-state index is 0. The van der Waals surface area contributed by atoms with Crippen molar-refractivity contribution in [1.82, 2.24) is 9.97 Å². The molecule has 3 rings (SSSR count). The van der Waals surface area contributed by atoms with Crippen LogP contribution in [0.5, 0.6) is 0 Å². The molecule has 7 heteroatoms. The van der Waals surface area contributed by atoms with Gasteiger partial charge in [0.2, 0.25) is 0 Å². The van der Waals surface area contributed by atoms with Gasteiger partial charge in [-0.25, -0.2) is 4.98 Å². The Morgan fingerprint density at radius 3 is 2.64 bits per heavy atom. The monoisotopic (exact) mass is 463 g/mol. The molecule has 1 heterocycles. The molecular formula is C15H11N4O2W-. The van der Waals surface area contributed by atoms with Crippen LogP contribution in [0, 0.1) is 16.2 Å². The van der Waals surface area contributed by atoms with Crippen molar-refractivity contribution in [3.05, 3.63) is 65.0 Å². The van der Waals surface area contributed by atoms with Gasteiger partial charge in [0.25, 0.3) is 0 Å². The Hall–Kier alpha value is -2.33. The first kappa shape index (κ1) is 16.0. The van der Waals surface area contributed by atoms with Gasteiger partial charge < -0.3 is 9.88 Å². The number of nitro groups is 1. The van der Waals surface area contributed by atoms with Crippen molar-refractivity contribution in [3.63, 3.8) is 0 Å². The van der Waals surface area contributed by atoms with Gasteiger partial charge in [-0.15, -0.1) is 6.07 Å². The first-order chi connectivity index (χ1) is 10.2. The van der Waals surface area contributed by atoms with Gasteiger partial charge >= 0.3 is 0 Å². The van der Waals surface area contributed by atoms with Crippen LogP contribution in [0.3, 0.4) is 0 Å². The fourth-order valence-electron chi connectivity index (χ4n) is 2.12. The maximum absolute atomic E-state index is 10.9. The van der Waals surface area contributed by atoms with Crippen LogP contribution in [0.2, 0.25) is 0 Å². The van der Waals surface area contributed by atoms with Crippen LogP contribution >= 0.6 is 0 Å². The van der Waals surface area contributed by atoms with Crippen LogP contribution < -0.4 is 4.90 Å². The quantitative estimate of drug-likeness (QED) is 0.339. The van der Waals surface area contributed by atoms with E-state index in [1.54, 1.807) is 0 Å². The minimum atomic E-state index is -0.473. The van der Waals surface area contributed by atoms with Crippen molar-refractivity contribution < 1.29 is 26.0 Å². The van der Waals surface area contributed by atoms with Crippen molar-refractivity contribution in [2.45, 2.75) is 0 Å². The number of hydrogen-bond acceptors (Lipinski definition) is 5. The predicted octanol–water partition coefficient (Wildman–Crippen LogP) is 3.10. The van der Waals surface area contributed by atoms with E-state index in [2.05, 4.69) is 16.0 Å². The summed E-state index contributed by atoms with van der Waals surface area (Å²) >= 11 is 0. The molecule has 6 nitrogen and oxygen atoms in total. The summed E-state index contributed by atoms with van der Waals surface area (Å²) in [5.74, 6) is 0.614. The number of aromatic nitrogens is 2. The summed E-state index contributed by atoms with van der Waals surface area (Å²) in [4.78, 5) is 20.7. The van der Waals surface area contributed by atoms with Gasteiger partial charge in [-0.1, -0.05) is 35.7 Å². The van der Waals surface area contributed by atoms with Crippen LogP contribution in [0.15, 0.2) is 48.8 Å². The summed E-state index contributed by atoms with van der Waals surface area (Å²) in [5, 5.41) is 11.5. The molecule has 2 aromatic carbocycles.